The first-order valence-electron chi connectivity index (χ1n) is 7.00. The van der Waals surface area contributed by atoms with Gasteiger partial charge in [0.25, 0.3) is 0 Å². The number of thioether (sulfide) groups is 1. The minimum atomic E-state index is 0.106. The predicted molar refractivity (Wildman–Crippen MR) is 76.0 cm³/mol. The molecule has 0 bridgehead atoms. The molecular weight excluding hydrogens is 260 g/mol. The van der Waals surface area contributed by atoms with Crippen LogP contribution in [0.3, 0.4) is 0 Å². The number of carbonyl (C=O) groups is 1. The van der Waals surface area contributed by atoms with Gasteiger partial charge in [-0.3, -0.25) is 4.79 Å². The molecule has 1 saturated carbocycles. The second kappa shape index (κ2) is 6.93. The van der Waals surface area contributed by atoms with Crippen LogP contribution in [0.15, 0.2) is 11.5 Å². The summed E-state index contributed by atoms with van der Waals surface area (Å²) in [6.07, 6.45) is 6.56. The molecule has 1 aromatic rings. The van der Waals surface area contributed by atoms with E-state index in [0.717, 1.165) is 18.1 Å². The summed E-state index contributed by atoms with van der Waals surface area (Å²) in [6.45, 7) is 5.10. The summed E-state index contributed by atoms with van der Waals surface area (Å²) in [4.78, 5) is 12.0. The van der Waals surface area contributed by atoms with Crippen LogP contribution in [0.25, 0.3) is 0 Å². The Kier molecular flexibility index (Phi) is 5.24. The first-order valence-corrected chi connectivity index (χ1v) is 7.99. The number of aryl methyl sites for hydroxylation is 1. The van der Waals surface area contributed by atoms with E-state index in [1.807, 2.05) is 11.5 Å². The Hall–Kier alpha value is -1.04. The number of nitrogens with one attached hydrogen (secondary N) is 1. The van der Waals surface area contributed by atoms with E-state index in [1.54, 1.807) is 6.33 Å². The number of rotatable bonds is 5. The van der Waals surface area contributed by atoms with Gasteiger partial charge in [-0.2, -0.15) is 0 Å². The van der Waals surface area contributed by atoms with Crippen molar-refractivity contribution in [1.82, 2.24) is 20.1 Å². The monoisotopic (exact) mass is 282 g/mol. The highest BCUT2D eigenvalue weighted by Crippen LogP contribution is 2.24. The average Bonchev–Trinajstić information content (AvgIpc) is 2.86. The van der Waals surface area contributed by atoms with E-state index in [2.05, 4.69) is 22.4 Å². The molecule has 1 heterocycles. The summed E-state index contributed by atoms with van der Waals surface area (Å²) in [5.41, 5.74) is 0. The van der Waals surface area contributed by atoms with Crippen molar-refractivity contribution in [3.63, 3.8) is 0 Å². The van der Waals surface area contributed by atoms with E-state index in [9.17, 15) is 4.79 Å². The van der Waals surface area contributed by atoms with Gasteiger partial charge in [-0.05, 0) is 25.7 Å². The van der Waals surface area contributed by atoms with E-state index < -0.39 is 0 Å². The fraction of sp³-hybridized carbons (Fsp3) is 0.769. The molecule has 5 nitrogen and oxygen atoms in total. The molecule has 1 amide bonds. The quantitative estimate of drug-likeness (QED) is 0.840. The van der Waals surface area contributed by atoms with Crippen LogP contribution in [0.1, 0.15) is 39.5 Å². The molecule has 0 aromatic carbocycles. The lowest BCUT2D eigenvalue weighted by molar-refractivity contribution is -0.119. The molecule has 1 aliphatic rings. The third-order valence-electron chi connectivity index (χ3n) is 3.71. The second-order valence-electron chi connectivity index (χ2n) is 5.12. The molecule has 19 heavy (non-hydrogen) atoms. The third kappa shape index (κ3) is 3.96. The fourth-order valence-corrected chi connectivity index (χ4v) is 3.27. The van der Waals surface area contributed by atoms with Crippen molar-refractivity contribution in [2.24, 2.45) is 5.92 Å². The van der Waals surface area contributed by atoms with Crippen LogP contribution in [0.5, 0.6) is 0 Å². The number of hydrogen-bond acceptors (Lipinski definition) is 4. The van der Waals surface area contributed by atoms with Crippen LogP contribution < -0.4 is 5.32 Å². The Morgan fingerprint density at radius 2 is 2.32 bits per heavy atom. The molecule has 1 aromatic heterocycles. The molecule has 106 valence electrons. The van der Waals surface area contributed by atoms with Gasteiger partial charge in [0.05, 0.1) is 5.75 Å². The largest absolute Gasteiger partial charge is 0.352 e. The smallest absolute Gasteiger partial charge is 0.230 e. The van der Waals surface area contributed by atoms with E-state index in [4.69, 9.17) is 0 Å². The van der Waals surface area contributed by atoms with Crippen molar-refractivity contribution in [2.75, 3.05) is 5.75 Å². The molecule has 1 fully saturated rings. The Balaban J connectivity index is 1.78. The van der Waals surface area contributed by atoms with Gasteiger partial charge in [-0.25, -0.2) is 0 Å². The minimum Gasteiger partial charge on any atom is -0.352 e. The first kappa shape index (κ1) is 14.4. The number of carbonyl (C=O) groups excluding carboxylic acids is 1. The zero-order chi connectivity index (χ0) is 13.7. The lowest BCUT2D eigenvalue weighted by Gasteiger charge is -2.29. The second-order valence-corrected chi connectivity index (χ2v) is 6.07. The zero-order valence-electron chi connectivity index (χ0n) is 11.6. The van der Waals surface area contributed by atoms with E-state index in [0.29, 0.717) is 17.7 Å². The maximum Gasteiger partial charge on any atom is 0.230 e. The number of aromatic nitrogens is 3. The van der Waals surface area contributed by atoms with Crippen molar-refractivity contribution >= 4 is 17.7 Å². The van der Waals surface area contributed by atoms with Crippen molar-refractivity contribution in [1.29, 1.82) is 0 Å². The SMILES string of the molecule is CCn1cnnc1SCC(=O)N[C@@H]1CCCC[C@@H]1C. The highest BCUT2D eigenvalue weighted by molar-refractivity contribution is 7.99. The molecule has 2 rings (SSSR count). The summed E-state index contributed by atoms with van der Waals surface area (Å²) < 4.78 is 1.95. The maximum atomic E-state index is 12.0. The Labute approximate surface area is 118 Å². The van der Waals surface area contributed by atoms with Crippen LogP contribution >= 0.6 is 11.8 Å². The van der Waals surface area contributed by atoms with Gasteiger partial charge in [-0.1, -0.05) is 31.5 Å². The van der Waals surface area contributed by atoms with Crippen molar-refractivity contribution in [3.8, 4) is 0 Å². The Bertz CT molecular complexity index is 421. The van der Waals surface area contributed by atoms with E-state index in [1.165, 1.54) is 31.0 Å². The summed E-state index contributed by atoms with van der Waals surface area (Å²) >= 11 is 1.45. The lowest BCUT2D eigenvalue weighted by atomic mass is 9.86. The molecule has 0 unspecified atom stereocenters. The zero-order valence-corrected chi connectivity index (χ0v) is 12.4. The van der Waals surface area contributed by atoms with Gasteiger partial charge in [0, 0.05) is 12.6 Å². The molecule has 2 atom stereocenters. The molecule has 0 radical (unpaired) electrons. The van der Waals surface area contributed by atoms with E-state index >= 15 is 0 Å². The standard InChI is InChI=1S/C13H22N4OS/c1-3-17-9-14-16-13(17)19-8-12(18)15-11-7-5-4-6-10(11)2/h9-11H,3-8H2,1-2H3,(H,15,18)/t10-,11+/m0/s1. The average molecular weight is 282 g/mol. The van der Waals surface area contributed by atoms with Crippen molar-refractivity contribution in [3.05, 3.63) is 6.33 Å². The number of nitrogens with zero attached hydrogens (tertiary/aromatic N) is 3. The van der Waals surface area contributed by atoms with Crippen molar-refractivity contribution in [2.45, 2.75) is 57.3 Å². The predicted octanol–water partition coefficient (Wildman–Crippen LogP) is 2.08. The van der Waals surface area contributed by atoms with Gasteiger partial charge in [-0.15, -0.1) is 10.2 Å². The van der Waals surface area contributed by atoms with Crippen molar-refractivity contribution < 1.29 is 4.79 Å². The van der Waals surface area contributed by atoms with Crippen LogP contribution in [-0.4, -0.2) is 32.5 Å². The molecule has 0 saturated heterocycles. The van der Waals surface area contributed by atoms with Crippen LogP contribution in [0.4, 0.5) is 0 Å². The van der Waals surface area contributed by atoms with Gasteiger partial charge in [0.2, 0.25) is 5.91 Å². The number of amides is 1. The molecule has 6 heteroatoms. The first-order chi connectivity index (χ1) is 9.20. The summed E-state index contributed by atoms with van der Waals surface area (Å²) in [7, 11) is 0. The molecular formula is C13H22N4OS. The normalized spacial score (nSPS) is 23.3. The highest BCUT2D eigenvalue weighted by atomic mass is 32.2. The number of hydrogen-bond donors (Lipinski definition) is 1. The van der Waals surface area contributed by atoms with Gasteiger partial charge in [0.15, 0.2) is 5.16 Å². The molecule has 0 spiro atoms. The Morgan fingerprint density at radius 1 is 1.53 bits per heavy atom. The van der Waals surface area contributed by atoms with Crippen LogP contribution in [-0.2, 0) is 11.3 Å². The highest BCUT2D eigenvalue weighted by Gasteiger charge is 2.22. The van der Waals surface area contributed by atoms with E-state index in [-0.39, 0.29) is 5.91 Å². The minimum absolute atomic E-state index is 0.106. The van der Waals surface area contributed by atoms with Crippen LogP contribution in [0.2, 0.25) is 0 Å². The van der Waals surface area contributed by atoms with Gasteiger partial charge >= 0.3 is 0 Å². The molecule has 1 N–H and O–H groups in total. The summed E-state index contributed by atoms with van der Waals surface area (Å²) in [6, 6.07) is 0.353. The lowest BCUT2D eigenvalue weighted by Crippen LogP contribution is -2.41. The summed E-state index contributed by atoms with van der Waals surface area (Å²) in [5, 5.41) is 11.8. The maximum absolute atomic E-state index is 12.0. The molecule has 0 aliphatic heterocycles. The van der Waals surface area contributed by atoms with Gasteiger partial charge < -0.3 is 9.88 Å². The van der Waals surface area contributed by atoms with Gasteiger partial charge in [0.1, 0.15) is 6.33 Å². The molecule has 1 aliphatic carbocycles. The third-order valence-corrected chi connectivity index (χ3v) is 4.69. The topological polar surface area (TPSA) is 59.8 Å². The summed E-state index contributed by atoms with van der Waals surface area (Å²) in [5.74, 6) is 1.12. The fourth-order valence-electron chi connectivity index (χ4n) is 2.48. The Morgan fingerprint density at radius 3 is 3.05 bits per heavy atom. The van der Waals surface area contributed by atoms with Crippen LogP contribution in [0, 0.1) is 5.92 Å².